The molecule has 1 aromatic heterocycles. The smallest absolute Gasteiger partial charge is 0.255 e. The van der Waals surface area contributed by atoms with Crippen molar-refractivity contribution in [3.63, 3.8) is 0 Å². The van der Waals surface area contributed by atoms with Crippen LogP contribution in [0.5, 0.6) is 5.75 Å². The number of aromatic nitrogens is 2. The minimum Gasteiger partial charge on any atom is -0.497 e. The van der Waals surface area contributed by atoms with Crippen molar-refractivity contribution in [2.75, 3.05) is 17.7 Å². The summed E-state index contributed by atoms with van der Waals surface area (Å²) in [6.07, 6.45) is 2.13. The van der Waals surface area contributed by atoms with Crippen molar-refractivity contribution in [2.24, 2.45) is 0 Å². The minimum atomic E-state index is -0.231. The fraction of sp³-hybridized carbons (Fsp3) is 0.292. The van der Waals surface area contributed by atoms with E-state index in [1.165, 1.54) is 0 Å². The first kappa shape index (κ1) is 22.1. The number of aryl methyl sites for hydroxylation is 2. The Labute approximate surface area is 182 Å². The molecule has 162 valence electrons. The highest BCUT2D eigenvalue weighted by Crippen LogP contribution is 2.21. The molecular weight excluding hydrogens is 392 g/mol. The molecule has 1 heterocycles. The molecule has 0 saturated carbocycles. The van der Waals surface area contributed by atoms with Gasteiger partial charge in [0.05, 0.1) is 24.2 Å². The fourth-order valence-electron chi connectivity index (χ4n) is 3.24. The molecule has 0 unspecified atom stereocenters. The van der Waals surface area contributed by atoms with Gasteiger partial charge in [0.1, 0.15) is 5.75 Å². The Hall–Kier alpha value is -3.61. The highest BCUT2D eigenvalue weighted by Gasteiger charge is 2.15. The maximum atomic E-state index is 12.7. The van der Waals surface area contributed by atoms with Gasteiger partial charge in [-0.25, -0.2) is 0 Å². The Kier molecular flexibility index (Phi) is 7.07. The molecule has 0 spiro atoms. The van der Waals surface area contributed by atoms with Crippen LogP contribution in [0.2, 0.25) is 0 Å². The summed E-state index contributed by atoms with van der Waals surface area (Å²) in [5.74, 6) is 0.244. The van der Waals surface area contributed by atoms with Crippen LogP contribution >= 0.6 is 0 Å². The number of amides is 2. The van der Waals surface area contributed by atoms with Crippen LogP contribution in [0.15, 0.2) is 48.5 Å². The number of methoxy groups -OCH3 is 1. The quantitative estimate of drug-likeness (QED) is 0.547. The summed E-state index contributed by atoms with van der Waals surface area (Å²) in [5.41, 5.74) is 4.12. The first-order valence-corrected chi connectivity index (χ1v) is 10.3. The molecule has 0 aliphatic carbocycles. The van der Waals surface area contributed by atoms with Gasteiger partial charge in [0, 0.05) is 23.4 Å². The van der Waals surface area contributed by atoms with E-state index in [0.717, 1.165) is 36.5 Å². The molecule has 7 nitrogen and oxygen atoms in total. The predicted octanol–water partition coefficient (Wildman–Crippen LogP) is 4.81. The van der Waals surface area contributed by atoms with Crippen LogP contribution in [0.25, 0.3) is 0 Å². The van der Waals surface area contributed by atoms with Gasteiger partial charge in [0.15, 0.2) is 0 Å². The number of nitrogens with one attached hydrogen (secondary N) is 2. The van der Waals surface area contributed by atoms with E-state index >= 15 is 0 Å². The lowest BCUT2D eigenvalue weighted by atomic mass is 10.1. The van der Waals surface area contributed by atoms with Crippen LogP contribution in [0.4, 0.5) is 11.4 Å². The standard InChI is InChI=1S/C24H28N4O3/c1-5-6-15-28-17(3)22(16(2)27-28)26-24(30)18-7-11-20(12-8-18)25-23(29)19-9-13-21(31-4)14-10-19/h7-14H,5-6,15H2,1-4H3,(H,25,29)(H,26,30). The van der Waals surface area contributed by atoms with Crippen molar-refractivity contribution in [2.45, 2.75) is 40.2 Å². The van der Waals surface area contributed by atoms with Crippen LogP contribution < -0.4 is 15.4 Å². The van der Waals surface area contributed by atoms with Crippen molar-refractivity contribution in [1.29, 1.82) is 0 Å². The second kappa shape index (κ2) is 9.93. The number of benzene rings is 2. The third kappa shape index (κ3) is 5.31. The lowest BCUT2D eigenvalue weighted by Crippen LogP contribution is -2.14. The number of rotatable bonds is 8. The summed E-state index contributed by atoms with van der Waals surface area (Å²) in [7, 11) is 1.58. The second-order valence-electron chi connectivity index (χ2n) is 7.34. The monoisotopic (exact) mass is 420 g/mol. The van der Waals surface area contributed by atoms with Gasteiger partial charge in [-0.3, -0.25) is 14.3 Å². The minimum absolute atomic E-state index is 0.214. The SMILES string of the molecule is CCCCn1nc(C)c(NC(=O)c2ccc(NC(=O)c3ccc(OC)cc3)cc2)c1C. The number of carbonyl (C=O) groups excluding carboxylic acids is 2. The Morgan fingerprint density at radius 2 is 1.52 bits per heavy atom. The molecule has 31 heavy (non-hydrogen) atoms. The largest absolute Gasteiger partial charge is 0.497 e. The zero-order valence-electron chi connectivity index (χ0n) is 18.4. The summed E-state index contributed by atoms with van der Waals surface area (Å²) >= 11 is 0. The van der Waals surface area contributed by atoms with E-state index in [2.05, 4.69) is 22.7 Å². The zero-order valence-corrected chi connectivity index (χ0v) is 18.4. The summed E-state index contributed by atoms with van der Waals surface area (Å²) < 4.78 is 7.04. The van der Waals surface area contributed by atoms with Gasteiger partial charge in [-0.1, -0.05) is 13.3 Å². The van der Waals surface area contributed by atoms with Gasteiger partial charge in [-0.2, -0.15) is 5.10 Å². The summed E-state index contributed by atoms with van der Waals surface area (Å²) in [6, 6.07) is 13.6. The van der Waals surface area contributed by atoms with E-state index in [-0.39, 0.29) is 11.8 Å². The molecule has 0 radical (unpaired) electrons. The maximum absolute atomic E-state index is 12.7. The van der Waals surface area contributed by atoms with Crippen molar-refractivity contribution in [3.8, 4) is 5.75 Å². The number of unbranched alkanes of at least 4 members (excludes halogenated alkanes) is 1. The normalized spacial score (nSPS) is 10.6. The van der Waals surface area contributed by atoms with Crippen molar-refractivity contribution < 1.29 is 14.3 Å². The van der Waals surface area contributed by atoms with Gasteiger partial charge in [0.25, 0.3) is 11.8 Å². The summed E-state index contributed by atoms with van der Waals surface area (Å²) in [6.45, 7) is 6.82. The first-order valence-electron chi connectivity index (χ1n) is 10.3. The molecule has 2 amide bonds. The molecule has 0 fully saturated rings. The third-order valence-corrected chi connectivity index (χ3v) is 5.10. The number of hydrogen-bond acceptors (Lipinski definition) is 4. The van der Waals surface area contributed by atoms with E-state index < -0.39 is 0 Å². The molecule has 0 bridgehead atoms. The Bertz CT molecular complexity index is 1050. The Morgan fingerprint density at radius 1 is 0.935 bits per heavy atom. The third-order valence-electron chi connectivity index (χ3n) is 5.10. The van der Waals surface area contributed by atoms with Crippen LogP contribution in [-0.4, -0.2) is 28.7 Å². The van der Waals surface area contributed by atoms with Crippen LogP contribution in [0.1, 0.15) is 51.9 Å². The van der Waals surface area contributed by atoms with Crippen LogP contribution in [0, 0.1) is 13.8 Å². The first-order chi connectivity index (χ1) is 14.9. The van der Waals surface area contributed by atoms with Gasteiger partial charge in [-0.05, 0) is 68.8 Å². The number of carbonyl (C=O) groups is 2. The molecule has 0 saturated heterocycles. The lowest BCUT2D eigenvalue weighted by molar-refractivity contribution is 0.101. The highest BCUT2D eigenvalue weighted by molar-refractivity contribution is 6.06. The van der Waals surface area contributed by atoms with E-state index in [0.29, 0.717) is 22.6 Å². The molecule has 0 aliphatic rings. The van der Waals surface area contributed by atoms with Crippen LogP contribution in [0.3, 0.4) is 0 Å². The number of anilines is 2. The number of ether oxygens (including phenoxy) is 1. The van der Waals surface area contributed by atoms with Gasteiger partial charge in [-0.15, -0.1) is 0 Å². The molecule has 2 aromatic carbocycles. The van der Waals surface area contributed by atoms with Gasteiger partial charge in [0.2, 0.25) is 0 Å². The van der Waals surface area contributed by atoms with E-state index in [1.54, 1.807) is 55.6 Å². The highest BCUT2D eigenvalue weighted by atomic mass is 16.5. The second-order valence-corrected chi connectivity index (χ2v) is 7.34. The average molecular weight is 421 g/mol. The van der Waals surface area contributed by atoms with Gasteiger partial charge >= 0.3 is 0 Å². The van der Waals surface area contributed by atoms with Crippen molar-refractivity contribution in [3.05, 3.63) is 71.0 Å². The van der Waals surface area contributed by atoms with Crippen molar-refractivity contribution >= 4 is 23.2 Å². The zero-order chi connectivity index (χ0) is 22.4. The molecule has 0 aliphatic heterocycles. The number of nitrogens with zero attached hydrogens (tertiary/aromatic N) is 2. The van der Waals surface area contributed by atoms with E-state index in [1.807, 2.05) is 18.5 Å². The number of hydrogen-bond donors (Lipinski definition) is 2. The summed E-state index contributed by atoms with van der Waals surface area (Å²) in [4.78, 5) is 25.1. The Morgan fingerprint density at radius 3 is 2.10 bits per heavy atom. The predicted molar refractivity (Wildman–Crippen MR) is 122 cm³/mol. The molecule has 0 atom stereocenters. The fourth-order valence-corrected chi connectivity index (χ4v) is 3.24. The lowest BCUT2D eigenvalue weighted by Gasteiger charge is -2.09. The summed E-state index contributed by atoms with van der Waals surface area (Å²) in [5, 5.41) is 10.3. The molecule has 7 heteroatoms. The molecule has 2 N–H and O–H groups in total. The van der Waals surface area contributed by atoms with E-state index in [4.69, 9.17) is 4.74 Å². The molecule has 3 aromatic rings. The topological polar surface area (TPSA) is 85.3 Å². The van der Waals surface area contributed by atoms with Gasteiger partial charge < -0.3 is 15.4 Å². The Balaban J connectivity index is 1.65. The van der Waals surface area contributed by atoms with Crippen LogP contribution in [-0.2, 0) is 6.54 Å². The van der Waals surface area contributed by atoms with Crippen molar-refractivity contribution in [1.82, 2.24) is 9.78 Å². The average Bonchev–Trinajstić information content (AvgIpc) is 3.05. The van der Waals surface area contributed by atoms with E-state index in [9.17, 15) is 9.59 Å². The maximum Gasteiger partial charge on any atom is 0.255 e. The molecular formula is C24H28N4O3. The molecule has 3 rings (SSSR count).